The number of hydrogen-bond donors (Lipinski definition) is 1. The molecule has 1 atom stereocenters. The molecule has 0 fully saturated rings. The van der Waals surface area contributed by atoms with Crippen molar-refractivity contribution in [3.8, 4) is 11.5 Å². The summed E-state index contributed by atoms with van der Waals surface area (Å²) in [5.74, 6) is -0.142. The molecule has 0 aliphatic rings. The molecule has 1 unspecified atom stereocenters. The van der Waals surface area contributed by atoms with Gasteiger partial charge in [-0.2, -0.15) is 4.31 Å². The van der Waals surface area contributed by atoms with Crippen LogP contribution < -0.4 is 4.74 Å². The van der Waals surface area contributed by atoms with Crippen LogP contribution in [-0.4, -0.2) is 36.9 Å². The quantitative estimate of drug-likeness (QED) is 0.587. The summed E-state index contributed by atoms with van der Waals surface area (Å²) in [6, 6.07) is 21.2. The van der Waals surface area contributed by atoms with E-state index in [1.165, 1.54) is 19.2 Å². The van der Waals surface area contributed by atoms with Crippen LogP contribution in [0.1, 0.15) is 11.1 Å². The standard InChI is InChI=1S/C23H23NO5S/c1-17-12-14-20(15-13-17)30(27,28)24(2)21(23(25)26)16-18-8-6-7-11-22(18)29-19-9-4-3-5-10-19/h3-15,21H,16H2,1-2H3,(H,25,26). The number of sulfonamides is 1. The molecule has 0 aromatic heterocycles. The van der Waals surface area contributed by atoms with Crippen molar-refractivity contribution in [2.75, 3.05) is 7.05 Å². The lowest BCUT2D eigenvalue weighted by Gasteiger charge is -2.25. The Morgan fingerprint density at radius 3 is 2.20 bits per heavy atom. The van der Waals surface area contributed by atoms with Crippen LogP contribution in [0.4, 0.5) is 0 Å². The minimum absolute atomic E-state index is 0.0417. The average Bonchev–Trinajstić information content (AvgIpc) is 2.73. The molecule has 0 saturated heterocycles. The van der Waals surface area contributed by atoms with Crippen molar-refractivity contribution >= 4 is 16.0 Å². The van der Waals surface area contributed by atoms with Crippen LogP contribution in [0, 0.1) is 6.92 Å². The molecule has 3 rings (SSSR count). The third-order valence-corrected chi connectivity index (χ3v) is 6.66. The summed E-state index contributed by atoms with van der Waals surface area (Å²) in [4.78, 5) is 12.1. The zero-order valence-electron chi connectivity index (χ0n) is 16.7. The number of benzene rings is 3. The first-order valence-electron chi connectivity index (χ1n) is 9.37. The van der Waals surface area contributed by atoms with E-state index in [2.05, 4.69) is 0 Å². The van der Waals surface area contributed by atoms with E-state index in [0.29, 0.717) is 17.1 Å². The number of carbonyl (C=O) groups is 1. The molecule has 1 N–H and O–H groups in total. The normalized spacial score (nSPS) is 12.5. The van der Waals surface area contributed by atoms with Crippen molar-refractivity contribution in [1.82, 2.24) is 4.31 Å². The Morgan fingerprint density at radius 2 is 1.57 bits per heavy atom. The van der Waals surface area contributed by atoms with E-state index in [0.717, 1.165) is 9.87 Å². The highest BCUT2D eigenvalue weighted by Crippen LogP contribution is 2.28. The predicted octanol–water partition coefficient (Wildman–Crippen LogP) is 4.10. The topological polar surface area (TPSA) is 83.9 Å². The van der Waals surface area contributed by atoms with Crippen molar-refractivity contribution in [3.05, 3.63) is 90.0 Å². The van der Waals surface area contributed by atoms with Crippen molar-refractivity contribution < 1.29 is 23.1 Å². The van der Waals surface area contributed by atoms with E-state index in [9.17, 15) is 18.3 Å². The van der Waals surface area contributed by atoms with Gasteiger partial charge >= 0.3 is 5.97 Å². The fraction of sp³-hybridized carbons (Fsp3) is 0.174. The van der Waals surface area contributed by atoms with Crippen LogP contribution in [-0.2, 0) is 21.2 Å². The third-order valence-electron chi connectivity index (χ3n) is 4.78. The summed E-state index contributed by atoms with van der Waals surface area (Å²) in [5.41, 5.74) is 1.51. The highest BCUT2D eigenvalue weighted by Gasteiger charge is 2.33. The summed E-state index contributed by atoms with van der Waals surface area (Å²) >= 11 is 0. The summed E-state index contributed by atoms with van der Waals surface area (Å²) in [6.45, 7) is 1.85. The van der Waals surface area contributed by atoms with Gasteiger partial charge in [-0.15, -0.1) is 0 Å². The Labute approximate surface area is 176 Å². The van der Waals surface area contributed by atoms with Crippen LogP contribution in [0.2, 0.25) is 0 Å². The lowest BCUT2D eigenvalue weighted by atomic mass is 10.1. The van der Waals surface area contributed by atoms with Gasteiger partial charge in [-0.05, 0) is 42.8 Å². The number of aliphatic carboxylic acids is 1. The molecule has 0 saturated carbocycles. The second kappa shape index (κ2) is 9.11. The number of carboxylic acid groups (broad SMARTS) is 1. The maximum absolute atomic E-state index is 13.0. The Bertz CT molecular complexity index is 1110. The van der Waals surface area contributed by atoms with Gasteiger partial charge < -0.3 is 9.84 Å². The highest BCUT2D eigenvalue weighted by molar-refractivity contribution is 7.89. The third kappa shape index (κ3) is 4.87. The van der Waals surface area contributed by atoms with Crippen LogP contribution in [0.25, 0.3) is 0 Å². The van der Waals surface area contributed by atoms with Crippen molar-refractivity contribution in [2.45, 2.75) is 24.3 Å². The van der Waals surface area contributed by atoms with Gasteiger partial charge in [0.25, 0.3) is 0 Å². The molecule has 0 amide bonds. The fourth-order valence-corrected chi connectivity index (χ4v) is 4.32. The first-order chi connectivity index (χ1) is 14.3. The number of carboxylic acids is 1. The fourth-order valence-electron chi connectivity index (χ4n) is 3.01. The smallest absolute Gasteiger partial charge is 0.322 e. The van der Waals surface area contributed by atoms with Crippen LogP contribution >= 0.6 is 0 Å². The molecule has 0 radical (unpaired) electrons. The molecule has 0 aliphatic heterocycles. The Morgan fingerprint density at radius 1 is 0.967 bits per heavy atom. The summed E-state index contributed by atoms with van der Waals surface area (Å²) < 4.78 is 32.8. The van der Waals surface area contributed by atoms with Gasteiger partial charge in [0.05, 0.1) is 4.90 Å². The molecule has 6 nitrogen and oxygen atoms in total. The van der Waals surface area contributed by atoms with Crippen LogP contribution in [0.15, 0.2) is 83.8 Å². The molecule has 0 aliphatic carbocycles. The zero-order chi connectivity index (χ0) is 21.7. The number of nitrogens with zero attached hydrogens (tertiary/aromatic N) is 1. The first-order valence-corrected chi connectivity index (χ1v) is 10.8. The predicted molar refractivity (Wildman–Crippen MR) is 114 cm³/mol. The maximum Gasteiger partial charge on any atom is 0.322 e. The Kier molecular flexibility index (Phi) is 6.54. The second-order valence-corrected chi connectivity index (χ2v) is 8.91. The average molecular weight is 426 g/mol. The van der Waals surface area contributed by atoms with E-state index in [4.69, 9.17) is 4.74 Å². The van der Waals surface area contributed by atoms with Gasteiger partial charge in [0.15, 0.2) is 0 Å². The van der Waals surface area contributed by atoms with Crippen LogP contribution in [0.5, 0.6) is 11.5 Å². The number of para-hydroxylation sites is 2. The lowest BCUT2D eigenvalue weighted by molar-refractivity contribution is -0.141. The monoisotopic (exact) mass is 425 g/mol. The maximum atomic E-state index is 13.0. The van der Waals surface area contributed by atoms with E-state index >= 15 is 0 Å². The molecule has 0 bridgehead atoms. The number of aryl methyl sites for hydroxylation is 1. The molecule has 7 heteroatoms. The van der Waals surface area contributed by atoms with Crippen molar-refractivity contribution in [1.29, 1.82) is 0 Å². The molecule has 3 aromatic rings. The van der Waals surface area contributed by atoms with Gasteiger partial charge in [0.2, 0.25) is 10.0 Å². The van der Waals surface area contributed by atoms with E-state index in [-0.39, 0.29) is 11.3 Å². The molecule has 0 heterocycles. The highest BCUT2D eigenvalue weighted by atomic mass is 32.2. The van der Waals surface area contributed by atoms with E-state index in [1.54, 1.807) is 48.5 Å². The largest absolute Gasteiger partial charge is 0.480 e. The van der Waals surface area contributed by atoms with Gasteiger partial charge in [0.1, 0.15) is 17.5 Å². The lowest BCUT2D eigenvalue weighted by Crippen LogP contribution is -2.43. The second-order valence-electron chi connectivity index (χ2n) is 6.92. The van der Waals surface area contributed by atoms with Gasteiger partial charge in [-0.25, -0.2) is 8.42 Å². The summed E-state index contributed by atoms with van der Waals surface area (Å²) in [5, 5.41) is 9.79. The molecule has 156 valence electrons. The molecular weight excluding hydrogens is 402 g/mol. The number of likely N-dealkylation sites (N-methyl/N-ethyl adjacent to an activating group) is 1. The molecule has 30 heavy (non-hydrogen) atoms. The number of hydrogen-bond acceptors (Lipinski definition) is 4. The zero-order valence-corrected chi connectivity index (χ0v) is 17.5. The molecular formula is C23H23NO5S. The number of ether oxygens (including phenoxy) is 1. The Balaban J connectivity index is 1.89. The summed E-state index contributed by atoms with van der Waals surface area (Å²) in [6.07, 6.45) is -0.0417. The van der Waals surface area contributed by atoms with E-state index < -0.39 is 22.0 Å². The van der Waals surface area contributed by atoms with Gasteiger partial charge in [-0.3, -0.25) is 4.79 Å². The SMILES string of the molecule is Cc1ccc(S(=O)(=O)N(C)C(Cc2ccccc2Oc2ccccc2)C(=O)O)cc1. The minimum Gasteiger partial charge on any atom is -0.480 e. The van der Waals surface area contributed by atoms with E-state index in [1.807, 2.05) is 25.1 Å². The van der Waals surface area contributed by atoms with Crippen molar-refractivity contribution in [2.24, 2.45) is 0 Å². The van der Waals surface area contributed by atoms with Crippen molar-refractivity contribution in [3.63, 3.8) is 0 Å². The van der Waals surface area contributed by atoms with Gasteiger partial charge in [-0.1, -0.05) is 54.1 Å². The number of rotatable bonds is 8. The molecule has 3 aromatic carbocycles. The Hall–Kier alpha value is -3.16. The van der Waals surface area contributed by atoms with Gasteiger partial charge in [0, 0.05) is 13.5 Å². The summed E-state index contributed by atoms with van der Waals surface area (Å²) in [7, 11) is -2.69. The minimum atomic E-state index is -3.98. The first kappa shape index (κ1) is 21.5. The molecule has 0 spiro atoms. The van der Waals surface area contributed by atoms with Crippen LogP contribution in [0.3, 0.4) is 0 Å².